The molecule has 0 radical (unpaired) electrons. The van der Waals surface area contributed by atoms with Gasteiger partial charge in [-0.05, 0) is 29.8 Å². The van der Waals surface area contributed by atoms with Gasteiger partial charge in [0.25, 0.3) is 10.0 Å². The highest BCUT2D eigenvalue weighted by Gasteiger charge is 2.20. The second-order valence-electron chi connectivity index (χ2n) is 4.81. The Morgan fingerprint density at radius 3 is 2.20 bits per heavy atom. The summed E-state index contributed by atoms with van der Waals surface area (Å²) in [6.45, 7) is 0. The van der Waals surface area contributed by atoms with E-state index in [1.165, 1.54) is 6.08 Å². The molecule has 0 aliphatic rings. The molecular weight excluding hydrogens is 414 g/mol. The van der Waals surface area contributed by atoms with Crippen molar-refractivity contribution in [3.8, 4) is 0 Å². The summed E-state index contributed by atoms with van der Waals surface area (Å²) in [5.41, 5.74) is -0.0195. The Morgan fingerprint density at radius 1 is 1.04 bits per heavy atom. The molecule has 0 aliphatic heterocycles. The lowest BCUT2D eigenvalue weighted by Gasteiger charge is -2.10. The number of nitrogens with two attached hydrogens (primary N) is 1. The lowest BCUT2D eigenvalue weighted by Crippen LogP contribution is -2.17. The Bertz CT molecular complexity index is 1040. The highest BCUT2D eigenvalue weighted by Crippen LogP contribution is 2.28. The van der Waals surface area contributed by atoms with E-state index in [1.807, 2.05) is 4.72 Å². The monoisotopic (exact) mass is 424 g/mol. The molecule has 0 fully saturated rings. The Balaban J connectivity index is 2.37. The van der Waals surface area contributed by atoms with Crippen molar-refractivity contribution >= 4 is 55.0 Å². The van der Waals surface area contributed by atoms with Gasteiger partial charge in [0.2, 0.25) is 10.0 Å². The fourth-order valence-corrected chi connectivity index (χ4v) is 3.77. The van der Waals surface area contributed by atoms with Gasteiger partial charge in [0, 0.05) is 11.1 Å². The van der Waals surface area contributed by atoms with Crippen LogP contribution in [0, 0.1) is 5.82 Å². The topological polar surface area (TPSA) is 106 Å². The molecule has 0 amide bonds. The Hall–Kier alpha value is -1.65. The summed E-state index contributed by atoms with van der Waals surface area (Å²) in [5.74, 6) is -1.01. The van der Waals surface area contributed by atoms with Crippen molar-refractivity contribution in [3.05, 3.63) is 63.2 Å². The summed E-state index contributed by atoms with van der Waals surface area (Å²) in [4.78, 5) is -0.651. The third-order valence-electron chi connectivity index (χ3n) is 2.89. The van der Waals surface area contributed by atoms with Gasteiger partial charge in [-0.3, -0.25) is 4.72 Å². The van der Waals surface area contributed by atoms with Crippen molar-refractivity contribution in [2.75, 3.05) is 4.72 Å². The van der Waals surface area contributed by atoms with Gasteiger partial charge in [-0.2, -0.15) is 0 Å². The predicted molar refractivity (Wildman–Crippen MR) is 95.8 cm³/mol. The quantitative estimate of drug-likeness (QED) is 0.767. The maximum absolute atomic E-state index is 13.6. The van der Waals surface area contributed by atoms with Crippen LogP contribution < -0.4 is 9.86 Å². The van der Waals surface area contributed by atoms with Crippen LogP contribution in [-0.2, 0) is 20.0 Å². The molecule has 0 heterocycles. The molecule has 11 heteroatoms. The van der Waals surface area contributed by atoms with E-state index < -0.39 is 41.5 Å². The fraction of sp³-hybridized carbons (Fsp3) is 0. The standard InChI is InChI=1S/C14H11Cl2FN2O4S2/c15-10-3-1-9(2-4-10)5-6-24(20,21)19-13-8-12(17)11(16)7-14(13)25(18,22)23/h1-8,19H,(H2,18,22,23)/b6-5+. The average molecular weight is 425 g/mol. The molecule has 0 saturated carbocycles. The first-order valence-corrected chi connectivity index (χ1v) is 10.3. The predicted octanol–water partition coefficient (Wildman–Crippen LogP) is 3.19. The molecule has 3 N–H and O–H groups in total. The maximum atomic E-state index is 13.6. The van der Waals surface area contributed by atoms with Crippen molar-refractivity contribution in [1.82, 2.24) is 0 Å². The summed E-state index contributed by atoms with van der Waals surface area (Å²) < 4.78 is 62.8. The minimum absolute atomic E-state index is 0.479. The van der Waals surface area contributed by atoms with Crippen LogP contribution in [0.2, 0.25) is 10.0 Å². The Kier molecular flexibility index (Phi) is 5.75. The van der Waals surface area contributed by atoms with Crippen LogP contribution in [0.15, 0.2) is 46.7 Å². The van der Waals surface area contributed by atoms with Crippen LogP contribution in [-0.4, -0.2) is 16.8 Å². The minimum Gasteiger partial charge on any atom is -0.279 e. The number of nitrogens with one attached hydrogen (secondary N) is 1. The van der Waals surface area contributed by atoms with Crippen LogP contribution in [0.25, 0.3) is 6.08 Å². The van der Waals surface area contributed by atoms with Crippen LogP contribution in [0.3, 0.4) is 0 Å². The van der Waals surface area contributed by atoms with E-state index in [1.54, 1.807) is 24.3 Å². The molecule has 25 heavy (non-hydrogen) atoms. The molecule has 0 aliphatic carbocycles. The number of hydrogen-bond acceptors (Lipinski definition) is 4. The zero-order valence-electron chi connectivity index (χ0n) is 12.3. The number of benzene rings is 2. The normalized spacial score (nSPS) is 12.5. The minimum atomic E-state index is -4.33. The number of hydrogen-bond donors (Lipinski definition) is 2. The summed E-state index contributed by atoms with van der Waals surface area (Å²) in [5, 5.41) is 5.76. The zero-order valence-corrected chi connectivity index (χ0v) is 15.4. The molecule has 0 spiro atoms. The van der Waals surface area contributed by atoms with Gasteiger partial charge in [0.1, 0.15) is 10.7 Å². The average Bonchev–Trinajstić information content (AvgIpc) is 2.49. The van der Waals surface area contributed by atoms with Gasteiger partial charge in [0.15, 0.2) is 0 Å². The second kappa shape index (κ2) is 7.30. The van der Waals surface area contributed by atoms with Crippen LogP contribution >= 0.6 is 23.2 Å². The van der Waals surface area contributed by atoms with Crippen LogP contribution in [0.1, 0.15) is 5.56 Å². The van der Waals surface area contributed by atoms with Gasteiger partial charge in [-0.1, -0.05) is 35.3 Å². The van der Waals surface area contributed by atoms with Crippen LogP contribution in [0.4, 0.5) is 10.1 Å². The van der Waals surface area contributed by atoms with Gasteiger partial charge >= 0.3 is 0 Å². The fourth-order valence-electron chi connectivity index (χ4n) is 1.77. The zero-order chi connectivity index (χ0) is 18.8. The van der Waals surface area contributed by atoms with Gasteiger partial charge < -0.3 is 0 Å². The molecule has 0 atom stereocenters. The Morgan fingerprint density at radius 2 is 1.64 bits per heavy atom. The van der Waals surface area contributed by atoms with Gasteiger partial charge in [-0.25, -0.2) is 26.4 Å². The first-order valence-electron chi connectivity index (χ1n) is 6.46. The molecular formula is C14H11Cl2FN2O4S2. The largest absolute Gasteiger partial charge is 0.279 e. The van der Waals surface area contributed by atoms with Crippen molar-refractivity contribution in [2.45, 2.75) is 4.90 Å². The number of sulfonamides is 2. The molecule has 0 bridgehead atoms. The first kappa shape index (κ1) is 19.7. The summed E-state index contributed by atoms with van der Waals surface area (Å²) >= 11 is 11.2. The van der Waals surface area contributed by atoms with Gasteiger partial charge in [0.05, 0.1) is 16.1 Å². The summed E-state index contributed by atoms with van der Waals surface area (Å²) in [6.07, 6.45) is 1.25. The van der Waals surface area contributed by atoms with E-state index in [9.17, 15) is 21.2 Å². The molecule has 0 saturated heterocycles. The van der Waals surface area contributed by atoms with Crippen molar-refractivity contribution in [1.29, 1.82) is 0 Å². The van der Waals surface area contributed by atoms with Crippen molar-refractivity contribution < 1.29 is 21.2 Å². The highest BCUT2D eigenvalue weighted by atomic mass is 35.5. The lowest BCUT2D eigenvalue weighted by atomic mass is 10.2. The smallest absolute Gasteiger partial charge is 0.255 e. The SMILES string of the molecule is NS(=O)(=O)c1cc(Cl)c(F)cc1NS(=O)(=O)/C=C/c1ccc(Cl)cc1. The Labute approximate surface area is 154 Å². The van der Waals surface area contributed by atoms with E-state index in [-0.39, 0.29) is 0 Å². The number of halogens is 3. The van der Waals surface area contributed by atoms with Gasteiger partial charge in [-0.15, -0.1) is 0 Å². The third kappa shape index (κ3) is 5.41. The van der Waals surface area contributed by atoms with E-state index in [0.29, 0.717) is 16.7 Å². The molecule has 2 rings (SSSR count). The molecule has 134 valence electrons. The number of rotatable bonds is 5. The number of primary sulfonamides is 1. The first-order chi connectivity index (χ1) is 11.5. The van der Waals surface area contributed by atoms with E-state index >= 15 is 0 Å². The van der Waals surface area contributed by atoms with E-state index in [4.69, 9.17) is 28.3 Å². The third-order valence-corrected chi connectivity index (χ3v) is 5.38. The van der Waals surface area contributed by atoms with Crippen LogP contribution in [0.5, 0.6) is 0 Å². The summed E-state index contributed by atoms with van der Waals surface area (Å²) in [6, 6.07) is 7.64. The maximum Gasteiger partial charge on any atom is 0.255 e. The molecule has 6 nitrogen and oxygen atoms in total. The lowest BCUT2D eigenvalue weighted by molar-refractivity contribution is 0.597. The van der Waals surface area contributed by atoms with E-state index in [2.05, 4.69) is 0 Å². The summed E-state index contributed by atoms with van der Waals surface area (Å²) in [7, 11) is -8.48. The molecule has 0 unspecified atom stereocenters. The van der Waals surface area contributed by atoms with Crippen molar-refractivity contribution in [3.63, 3.8) is 0 Å². The molecule has 2 aromatic rings. The number of anilines is 1. The van der Waals surface area contributed by atoms with E-state index in [0.717, 1.165) is 11.5 Å². The second-order valence-corrected chi connectivity index (χ2v) is 8.75. The van der Waals surface area contributed by atoms with Crippen molar-refractivity contribution in [2.24, 2.45) is 5.14 Å². The molecule has 0 aromatic heterocycles. The highest BCUT2D eigenvalue weighted by molar-refractivity contribution is 7.95. The molecule has 2 aromatic carbocycles.